The second-order valence-electron chi connectivity index (χ2n) is 7.15. The fraction of sp³-hybridized carbons (Fsp3) is 0.368. The van der Waals surface area contributed by atoms with Gasteiger partial charge in [0.25, 0.3) is 0 Å². The van der Waals surface area contributed by atoms with Crippen LogP contribution in [0, 0.1) is 5.92 Å². The van der Waals surface area contributed by atoms with E-state index >= 15 is 0 Å². The molecule has 1 fully saturated rings. The summed E-state index contributed by atoms with van der Waals surface area (Å²) in [6.45, 7) is 1.77. The number of thiazole rings is 2. The first-order valence-electron chi connectivity index (χ1n) is 9.31. The highest BCUT2D eigenvalue weighted by Gasteiger charge is 2.31. The van der Waals surface area contributed by atoms with Crippen LogP contribution in [-0.2, 0) is 22.6 Å². The highest BCUT2D eigenvalue weighted by molar-refractivity contribution is 7.22. The molecule has 3 heterocycles. The summed E-state index contributed by atoms with van der Waals surface area (Å²) in [5, 5.41) is 7.15. The van der Waals surface area contributed by atoms with E-state index < -0.39 is 0 Å². The molecule has 0 saturated heterocycles. The zero-order valence-corrected chi connectivity index (χ0v) is 16.7. The summed E-state index contributed by atoms with van der Waals surface area (Å²) in [6.07, 6.45) is 2.75. The number of carbonyl (C=O) groups is 2. The molecular formula is C19H19N5O2S2. The lowest BCUT2D eigenvalue weighted by atomic mass is 10.2. The number of benzene rings is 1. The number of anilines is 2. The molecule has 0 spiro atoms. The van der Waals surface area contributed by atoms with E-state index in [4.69, 9.17) is 0 Å². The lowest BCUT2D eigenvalue weighted by Gasteiger charge is -2.24. The Morgan fingerprint density at radius 1 is 1.11 bits per heavy atom. The van der Waals surface area contributed by atoms with Gasteiger partial charge in [-0.25, -0.2) is 9.97 Å². The van der Waals surface area contributed by atoms with Crippen molar-refractivity contribution in [2.45, 2.75) is 25.8 Å². The highest BCUT2D eigenvalue weighted by atomic mass is 32.1. The third kappa shape index (κ3) is 3.78. The second kappa shape index (κ2) is 7.23. The fourth-order valence-corrected chi connectivity index (χ4v) is 5.21. The predicted octanol–water partition coefficient (Wildman–Crippen LogP) is 3.10. The van der Waals surface area contributed by atoms with Crippen LogP contribution in [0.15, 0.2) is 24.3 Å². The molecule has 0 bridgehead atoms. The standard InChI is InChI=1S/C19H19N5O2S2/c25-16(22-18-20-12-3-1-2-4-14(12)27-18)10-24-8-7-13-15(9-24)28-19(21-13)23-17(26)11-5-6-11/h1-4,11H,5-10H2,(H,20,22,25)(H,21,23,26). The Labute approximate surface area is 169 Å². The van der Waals surface area contributed by atoms with Crippen LogP contribution in [0.5, 0.6) is 0 Å². The minimum Gasteiger partial charge on any atom is -0.302 e. The Morgan fingerprint density at radius 2 is 1.93 bits per heavy atom. The number of hydrogen-bond acceptors (Lipinski definition) is 7. The third-order valence-electron chi connectivity index (χ3n) is 4.90. The Morgan fingerprint density at radius 3 is 2.75 bits per heavy atom. The average Bonchev–Trinajstić information content (AvgIpc) is 3.33. The van der Waals surface area contributed by atoms with E-state index in [1.807, 2.05) is 24.3 Å². The zero-order valence-electron chi connectivity index (χ0n) is 15.1. The van der Waals surface area contributed by atoms with E-state index in [0.29, 0.717) is 23.4 Å². The molecule has 5 rings (SSSR count). The second-order valence-corrected chi connectivity index (χ2v) is 9.26. The van der Waals surface area contributed by atoms with E-state index in [1.54, 1.807) is 0 Å². The maximum absolute atomic E-state index is 12.4. The van der Waals surface area contributed by atoms with E-state index in [2.05, 4.69) is 25.5 Å². The minimum atomic E-state index is -0.0609. The van der Waals surface area contributed by atoms with Crippen molar-refractivity contribution in [2.75, 3.05) is 23.7 Å². The Bertz CT molecular complexity index is 1020. The molecule has 1 aromatic carbocycles. The number of nitrogens with zero attached hydrogens (tertiary/aromatic N) is 3. The van der Waals surface area contributed by atoms with Gasteiger partial charge in [0.2, 0.25) is 11.8 Å². The topological polar surface area (TPSA) is 87.2 Å². The summed E-state index contributed by atoms with van der Waals surface area (Å²) in [4.78, 5) is 36.6. The SMILES string of the molecule is O=C(CN1CCc2nc(NC(=O)C3CC3)sc2C1)Nc1nc2ccccc2s1. The van der Waals surface area contributed by atoms with Gasteiger partial charge in [-0.3, -0.25) is 14.5 Å². The Kier molecular flexibility index (Phi) is 4.58. The molecule has 0 unspecified atom stereocenters. The molecular weight excluding hydrogens is 394 g/mol. The summed E-state index contributed by atoms with van der Waals surface area (Å²) in [5.74, 6) is 0.191. The first kappa shape index (κ1) is 17.7. The normalized spacial score (nSPS) is 16.7. The van der Waals surface area contributed by atoms with Gasteiger partial charge in [-0.15, -0.1) is 11.3 Å². The molecule has 9 heteroatoms. The molecule has 28 heavy (non-hydrogen) atoms. The lowest BCUT2D eigenvalue weighted by molar-refractivity contribution is -0.118. The maximum Gasteiger partial charge on any atom is 0.240 e. The highest BCUT2D eigenvalue weighted by Crippen LogP contribution is 2.33. The summed E-state index contributed by atoms with van der Waals surface area (Å²) in [6, 6.07) is 7.85. The van der Waals surface area contributed by atoms with E-state index in [9.17, 15) is 9.59 Å². The van der Waals surface area contributed by atoms with Gasteiger partial charge in [-0.05, 0) is 25.0 Å². The molecule has 7 nitrogen and oxygen atoms in total. The molecule has 2 aromatic heterocycles. The first-order valence-corrected chi connectivity index (χ1v) is 10.9. The van der Waals surface area contributed by atoms with Crippen molar-refractivity contribution in [3.63, 3.8) is 0 Å². The van der Waals surface area contributed by atoms with Gasteiger partial charge >= 0.3 is 0 Å². The maximum atomic E-state index is 12.4. The quantitative estimate of drug-likeness (QED) is 0.671. The van der Waals surface area contributed by atoms with Gasteiger partial charge in [0.1, 0.15) is 0 Å². The number of amides is 2. The average molecular weight is 414 g/mol. The van der Waals surface area contributed by atoms with Crippen LogP contribution in [0.25, 0.3) is 10.2 Å². The van der Waals surface area contributed by atoms with Crippen LogP contribution >= 0.6 is 22.7 Å². The number of aromatic nitrogens is 2. The minimum absolute atomic E-state index is 0.0609. The van der Waals surface area contributed by atoms with Gasteiger partial charge in [0, 0.05) is 30.3 Å². The Balaban J connectivity index is 1.19. The van der Waals surface area contributed by atoms with Crippen LogP contribution in [0.4, 0.5) is 10.3 Å². The molecule has 2 aliphatic rings. The summed E-state index contributed by atoms with van der Waals surface area (Å²) < 4.78 is 1.06. The molecule has 0 radical (unpaired) electrons. The van der Waals surface area contributed by atoms with E-state index in [1.165, 1.54) is 22.7 Å². The zero-order chi connectivity index (χ0) is 19.1. The number of carbonyl (C=O) groups excluding carboxylic acids is 2. The van der Waals surface area contributed by atoms with Gasteiger partial charge in [0.15, 0.2) is 10.3 Å². The van der Waals surface area contributed by atoms with Gasteiger partial charge in [-0.2, -0.15) is 0 Å². The van der Waals surface area contributed by atoms with Gasteiger partial charge in [-0.1, -0.05) is 23.5 Å². The number of para-hydroxylation sites is 1. The summed E-state index contributed by atoms with van der Waals surface area (Å²) >= 11 is 3.00. The van der Waals surface area contributed by atoms with Crippen LogP contribution in [-0.4, -0.2) is 39.8 Å². The molecule has 2 amide bonds. The van der Waals surface area contributed by atoms with Crippen LogP contribution in [0.2, 0.25) is 0 Å². The molecule has 3 aromatic rings. The van der Waals surface area contributed by atoms with E-state index in [0.717, 1.165) is 46.6 Å². The third-order valence-corrected chi connectivity index (χ3v) is 6.85. The molecule has 1 saturated carbocycles. The number of nitrogens with one attached hydrogen (secondary N) is 2. The van der Waals surface area contributed by atoms with Crippen molar-refractivity contribution in [1.29, 1.82) is 0 Å². The monoisotopic (exact) mass is 413 g/mol. The van der Waals surface area contributed by atoms with Crippen LogP contribution < -0.4 is 10.6 Å². The Hall–Kier alpha value is -2.36. The largest absolute Gasteiger partial charge is 0.302 e. The predicted molar refractivity (Wildman–Crippen MR) is 111 cm³/mol. The van der Waals surface area contributed by atoms with Gasteiger partial charge < -0.3 is 10.6 Å². The summed E-state index contributed by atoms with van der Waals surface area (Å²) in [5.41, 5.74) is 1.94. The fourth-order valence-electron chi connectivity index (χ4n) is 3.28. The first-order chi connectivity index (χ1) is 13.6. The molecule has 0 atom stereocenters. The number of rotatable bonds is 5. The molecule has 144 valence electrons. The van der Waals surface area contributed by atoms with Crippen LogP contribution in [0.3, 0.4) is 0 Å². The van der Waals surface area contributed by atoms with Crippen molar-refractivity contribution < 1.29 is 9.59 Å². The smallest absolute Gasteiger partial charge is 0.240 e. The van der Waals surface area contributed by atoms with E-state index in [-0.39, 0.29) is 17.7 Å². The number of fused-ring (bicyclic) bond motifs is 2. The molecule has 2 N–H and O–H groups in total. The molecule has 1 aliphatic carbocycles. The van der Waals surface area contributed by atoms with Crippen molar-refractivity contribution in [1.82, 2.24) is 14.9 Å². The van der Waals surface area contributed by atoms with Gasteiger partial charge in [0.05, 0.1) is 22.5 Å². The van der Waals surface area contributed by atoms with Crippen molar-refractivity contribution in [3.8, 4) is 0 Å². The molecule has 1 aliphatic heterocycles. The van der Waals surface area contributed by atoms with Crippen LogP contribution in [0.1, 0.15) is 23.4 Å². The van der Waals surface area contributed by atoms with Crippen molar-refractivity contribution in [2.24, 2.45) is 5.92 Å². The number of hydrogen-bond donors (Lipinski definition) is 2. The lowest BCUT2D eigenvalue weighted by Crippen LogP contribution is -2.36. The van der Waals surface area contributed by atoms with Crippen molar-refractivity contribution in [3.05, 3.63) is 34.8 Å². The summed E-state index contributed by atoms with van der Waals surface area (Å²) in [7, 11) is 0. The van der Waals surface area contributed by atoms with Crippen molar-refractivity contribution >= 4 is 55.0 Å².